The second-order valence-electron chi connectivity index (χ2n) is 2.62. The van der Waals surface area contributed by atoms with E-state index in [2.05, 4.69) is 4.40 Å². The van der Waals surface area contributed by atoms with Crippen molar-refractivity contribution >= 4 is 37.9 Å². The fourth-order valence-corrected chi connectivity index (χ4v) is 2.17. The summed E-state index contributed by atoms with van der Waals surface area (Å²) < 4.78 is 25.4. The number of hydrogen-bond acceptors (Lipinski definition) is 2. The Morgan fingerprint density at radius 1 is 1.21 bits per heavy atom. The van der Waals surface area contributed by atoms with E-state index in [4.69, 9.17) is 23.2 Å². The Bertz CT molecular complexity index is 447. The first-order chi connectivity index (χ1) is 6.42. The lowest BCUT2D eigenvalue weighted by atomic mass is 10.2. The molecule has 0 saturated heterocycles. The van der Waals surface area contributed by atoms with Gasteiger partial charge < -0.3 is 0 Å². The topological polar surface area (TPSA) is 46.5 Å². The van der Waals surface area contributed by atoms with Gasteiger partial charge in [0.15, 0.2) is 0 Å². The zero-order valence-corrected chi connectivity index (χ0v) is 9.57. The van der Waals surface area contributed by atoms with Crippen LogP contribution in [0.25, 0.3) is 0 Å². The van der Waals surface area contributed by atoms with Crippen LogP contribution in [0.1, 0.15) is 5.56 Å². The molecule has 0 N–H and O–H groups in total. The summed E-state index contributed by atoms with van der Waals surface area (Å²) in [7, 11) is -3.75. The minimum Gasteiger partial charge on any atom is -0.199 e. The van der Waals surface area contributed by atoms with Gasteiger partial charge in [-0.1, -0.05) is 17.7 Å². The van der Waals surface area contributed by atoms with Crippen molar-refractivity contribution in [3.63, 3.8) is 0 Å². The molecule has 0 unspecified atom stereocenters. The molecule has 0 radical (unpaired) electrons. The molecule has 1 aromatic carbocycles. The van der Waals surface area contributed by atoms with Gasteiger partial charge in [0, 0.05) is 0 Å². The summed E-state index contributed by atoms with van der Waals surface area (Å²) in [4.78, 5) is 0.0712. The van der Waals surface area contributed by atoms with Crippen molar-refractivity contribution < 1.29 is 8.42 Å². The SMILES string of the molecule is Cc1ccc(S(=O)(=O)N=C(Cl)Cl)cc1. The van der Waals surface area contributed by atoms with Gasteiger partial charge in [0.2, 0.25) is 4.63 Å². The van der Waals surface area contributed by atoms with Gasteiger partial charge >= 0.3 is 0 Å². The van der Waals surface area contributed by atoms with Crippen LogP contribution < -0.4 is 0 Å². The molecule has 76 valence electrons. The molecule has 0 fully saturated rings. The molecular formula is C8H7Cl2NO2S. The van der Waals surface area contributed by atoms with Gasteiger partial charge in [0.05, 0.1) is 4.90 Å². The van der Waals surface area contributed by atoms with E-state index in [1.807, 2.05) is 6.92 Å². The van der Waals surface area contributed by atoms with E-state index in [0.29, 0.717) is 0 Å². The summed E-state index contributed by atoms with van der Waals surface area (Å²) in [6.45, 7) is 1.86. The lowest BCUT2D eigenvalue weighted by Gasteiger charge is -1.98. The van der Waals surface area contributed by atoms with E-state index in [1.165, 1.54) is 12.1 Å². The van der Waals surface area contributed by atoms with Crippen LogP contribution >= 0.6 is 23.2 Å². The van der Waals surface area contributed by atoms with Crippen LogP contribution in [0.2, 0.25) is 0 Å². The summed E-state index contributed by atoms with van der Waals surface area (Å²) in [6.07, 6.45) is 0. The zero-order valence-electron chi connectivity index (χ0n) is 7.24. The van der Waals surface area contributed by atoms with Gasteiger partial charge in [-0.15, -0.1) is 4.40 Å². The molecule has 14 heavy (non-hydrogen) atoms. The van der Waals surface area contributed by atoms with Crippen molar-refractivity contribution in [3.05, 3.63) is 29.8 Å². The van der Waals surface area contributed by atoms with Gasteiger partial charge in [-0.25, -0.2) is 0 Å². The largest absolute Gasteiger partial charge is 0.284 e. The highest BCUT2D eigenvalue weighted by Gasteiger charge is 2.12. The molecule has 0 aliphatic rings. The van der Waals surface area contributed by atoms with Gasteiger partial charge in [-0.05, 0) is 42.3 Å². The zero-order chi connectivity index (χ0) is 10.8. The van der Waals surface area contributed by atoms with E-state index < -0.39 is 14.7 Å². The first-order valence-corrected chi connectivity index (χ1v) is 5.84. The lowest BCUT2D eigenvalue weighted by molar-refractivity contribution is 0.598. The predicted octanol–water partition coefficient (Wildman–Crippen LogP) is 2.52. The van der Waals surface area contributed by atoms with Gasteiger partial charge in [-0.2, -0.15) is 8.42 Å². The summed E-state index contributed by atoms with van der Waals surface area (Å²) in [5, 5.41) is 0. The maximum atomic E-state index is 11.4. The molecule has 1 aromatic rings. The average Bonchev–Trinajstić information content (AvgIpc) is 2.02. The highest BCUT2D eigenvalue weighted by atomic mass is 35.5. The van der Waals surface area contributed by atoms with E-state index in [-0.39, 0.29) is 4.90 Å². The van der Waals surface area contributed by atoms with Gasteiger partial charge in [0.1, 0.15) is 0 Å². The van der Waals surface area contributed by atoms with Crippen molar-refractivity contribution in [1.82, 2.24) is 0 Å². The molecule has 0 spiro atoms. The van der Waals surface area contributed by atoms with Gasteiger partial charge in [0.25, 0.3) is 10.0 Å². The smallest absolute Gasteiger partial charge is 0.199 e. The van der Waals surface area contributed by atoms with Crippen molar-refractivity contribution in [2.45, 2.75) is 11.8 Å². The first-order valence-electron chi connectivity index (χ1n) is 3.64. The summed E-state index contributed by atoms with van der Waals surface area (Å²) >= 11 is 10.4. The standard InChI is InChI=1S/C8H7Cl2NO2S/c1-6-2-4-7(5-3-6)14(12,13)11-8(9)10/h2-5H,1H3. The summed E-state index contributed by atoms with van der Waals surface area (Å²) in [6, 6.07) is 6.24. The maximum Gasteiger partial charge on any atom is 0.284 e. The number of aryl methyl sites for hydroxylation is 1. The number of sulfonamides is 1. The number of rotatable bonds is 2. The molecule has 6 heteroatoms. The van der Waals surface area contributed by atoms with E-state index >= 15 is 0 Å². The molecule has 3 nitrogen and oxygen atoms in total. The van der Waals surface area contributed by atoms with Gasteiger partial charge in [-0.3, -0.25) is 0 Å². The number of halogens is 2. The Labute approximate surface area is 92.4 Å². The van der Waals surface area contributed by atoms with Crippen molar-refractivity contribution in [3.8, 4) is 0 Å². The summed E-state index contributed by atoms with van der Waals surface area (Å²) in [5.74, 6) is 0. The fraction of sp³-hybridized carbons (Fsp3) is 0.125. The quantitative estimate of drug-likeness (QED) is 0.759. The van der Waals surface area contributed by atoms with Crippen LogP contribution in [0.3, 0.4) is 0 Å². The Morgan fingerprint density at radius 3 is 2.14 bits per heavy atom. The third kappa shape index (κ3) is 2.97. The Hall–Kier alpha value is -0.580. The molecule has 0 saturated carbocycles. The minimum absolute atomic E-state index is 0.0712. The van der Waals surface area contributed by atoms with Crippen molar-refractivity contribution in [2.24, 2.45) is 4.40 Å². The Balaban J connectivity index is 3.18. The molecular weight excluding hydrogens is 245 g/mol. The van der Waals surface area contributed by atoms with E-state index in [0.717, 1.165) is 5.56 Å². The average molecular weight is 252 g/mol. The van der Waals surface area contributed by atoms with Crippen LogP contribution in [-0.2, 0) is 10.0 Å². The number of nitrogens with zero attached hydrogens (tertiary/aromatic N) is 1. The fourth-order valence-electron chi connectivity index (χ4n) is 0.854. The van der Waals surface area contributed by atoms with Crippen LogP contribution in [-0.4, -0.2) is 13.0 Å². The lowest BCUT2D eigenvalue weighted by Crippen LogP contribution is -1.97. The second-order valence-corrected chi connectivity index (χ2v) is 5.13. The van der Waals surface area contributed by atoms with Crippen molar-refractivity contribution in [1.29, 1.82) is 0 Å². The highest BCUT2D eigenvalue weighted by Crippen LogP contribution is 2.14. The number of benzene rings is 1. The molecule has 0 aliphatic heterocycles. The third-order valence-electron chi connectivity index (χ3n) is 1.51. The van der Waals surface area contributed by atoms with E-state index in [9.17, 15) is 8.42 Å². The van der Waals surface area contributed by atoms with Crippen LogP contribution in [0.5, 0.6) is 0 Å². The maximum absolute atomic E-state index is 11.4. The predicted molar refractivity (Wildman–Crippen MR) is 57.5 cm³/mol. The Morgan fingerprint density at radius 2 is 1.71 bits per heavy atom. The van der Waals surface area contributed by atoms with Crippen LogP contribution in [0, 0.1) is 6.92 Å². The van der Waals surface area contributed by atoms with Crippen LogP contribution in [0.4, 0.5) is 0 Å². The van der Waals surface area contributed by atoms with E-state index in [1.54, 1.807) is 12.1 Å². The highest BCUT2D eigenvalue weighted by molar-refractivity contribution is 7.90. The Kier molecular flexibility index (Phi) is 3.53. The van der Waals surface area contributed by atoms with Crippen molar-refractivity contribution in [2.75, 3.05) is 0 Å². The molecule has 0 aliphatic carbocycles. The second kappa shape index (κ2) is 4.29. The molecule has 0 atom stereocenters. The first kappa shape index (κ1) is 11.5. The van der Waals surface area contributed by atoms with Crippen LogP contribution in [0.15, 0.2) is 33.6 Å². The minimum atomic E-state index is -3.75. The molecule has 1 rings (SSSR count). The molecule has 0 heterocycles. The normalized spacial score (nSPS) is 11.1. The summed E-state index contributed by atoms with van der Waals surface area (Å²) in [5.41, 5.74) is 0.963. The third-order valence-corrected chi connectivity index (χ3v) is 3.17. The number of hydrogen-bond donors (Lipinski definition) is 0. The molecule has 0 aromatic heterocycles. The molecule has 0 bridgehead atoms. The monoisotopic (exact) mass is 251 g/mol. The molecule has 0 amide bonds.